The number of thiophene rings is 1. The average Bonchev–Trinajstić information content (AvgIpc) is 3.56. The molecule has 166 valence electrons. The Hall–Kier alpha value is -3.75. The molecule has 0 atom stereocenters. The quantitative estimate of drug-likeness (QED) is 0.366. The van der Waals surface area contributed by atoms with Crippen molar-refractivity contribution in [1.29, 1.82) is 5.41 Å². The lowest BCUT2D eigenvalue weighted by Gasteiger charge is -2.20. The first kappa shape index (κ1) is 20.8. The second-order valence-electron chi connectivity index (χ2n) is 8.10. The van der Waals surface area contributed by atoms with Gasteiger partial charge in [-0.25, -0.2) is 0 Å². The van der Waals surface area contributed by atoms with Crippen LogP contribution in [0.1, 0.15) is 21.8 Å². The number of rotatable bonds is 3. The molecule has 34 heavy (non-hydrogen) atoms. The molecule has 0 radical (unpaired) electrons. The molecule has 8 heteroatoms. The van der Waals surface area contributed by atoms with Gasteiger partial charge in [0, 0.05) is 17.1 Å². The van der Waals surface area contributed by atoms with Gasteiger partial charge in [-0.2, -0.15) is 15.1 Å². The summed E-state index contributed by atoms with van der Waals surface area (Å²) in [5.74, 6) is -0.369. The molecule has 1 N–H and O–H groups in total. The van der Waals surface area contributed by atoms with Crippen LogP contribution in [-0.4, -0.2) is 31.5 Å². The van der Waals surface area contributed by atoms with Gasteiger partial charge in [-0.3, -0.25) is 10.2 Å². The van der Waals surface area contributed by atoms with Crippen LogP contribution in [0.2, 0.25) is 0 Å². The highest BCUT2D eigenvalue weighted by Gasteiger charge is 2.36. The molecule has 4 heterocycles. The first-order chi connectivity index (χ1) is 16.5. The summed E-state index contributed by atoms with van der Waals surface area (Å²) >= 11 is 2.89. The number of thioether (sulfide) groups is 1. The predicted octanol–water partition coefficient (Wildman–Crippen LogP) is 5.98. The minimum absolute atomic E-state index is 0.0459. The fourth-order valence-corrected chi connectivity index (χ4v) is 5.98. The van der Waals surface area contributed by atoms with Crippen LogP contribution in [0.5, 0.6) is 0 Å². The molecular weight excluding hydrogens is 462 g/mol. The van der Waals surface area contributed by atoms with Crippen LogP contribution < -0.4 is 0 Å². The smallest absolute Gasteiger partial charge is 0.283 e. The summed E-state index contributed by atoms with van der Waals surface area (Å²) in [6.45, 7) is 4.07. The van der Waals surface area contributed by atoms with E-state index >= 15 is 0 Å². The average molecular weight is 482 g/mol. The molecular formula is C26H19N5OS2. The molecule has 1 amide bonds. The summed E-state index contributed by atoms with van der Waals surface area (Å²) in [6.07, 6.45) is 1.76. The van der Waals surface area contributed by atoms with Gasteiger partial charge in [0.1, 0.15) is 5.04 Å². The Labute approximate surface area is 204 Å². The van der Waals surface area contributed by atoms with Crippen molar-refractivity contribution in [1.82, 2.24) is 9.58 Å². The molecule has 0 fully saturated rings. The highest BCUT2D eigenvalue weighted by molar-refractivity contribution is 8.27. The first-order valence-corrected chi connectivity index (χ1v) is 12.4. The van der Waals surface area contributed by atoms with E-state index in [9.17, 15) is 4.79 Å². The van der Waals surface area contributed by atoms with Crippen LogP contribution >= 0.6 is 23.1 Å². The molecule has 2 aliphatic heterocycles. The van der Waals surface area contributed by atoms with Crippen molar-refractivity contribution >= 4 is 61.9 Å². The van der Waals surface area contributed by atoms with Gasteiger partial charge in [-0.05, 0) is 77.7 Å². The number of carbonyl (C=O) groups is 1. The minimum Gasteiger partial charge on any atom is -0.318 e. The van der Waals surface area contributed by atoms with Crippen LogP contribution in [0.3, 0.4) is 0 Å². The second kappa shape index (κ2) is 7.93. The van der Waals surface area contributed by atoms with Gasteiger partial charge in [0.25, 0.3) is 5.91 Å². The zero-order valence-electron chi connectivity index (χ0n) is 18.4. The number of nitrogens with zero attached hydrogens (tertiary/aromatic N) is 4. The van der Waals surface area contributed by atoms with Gasteiger partial charge in [0.05, 0.1) is 10.5 Å². The lowest BCUT2D eigenvalue weighted by Crippen LogP contribution is -2.35. The van der Waals surface area contributed by atoms with Gasteiger partial charge in [-0.1, -0.05) is 36.4 Å². The maximum absolute atomic E-state index is 12.9. The third-order valence-corrected chi connectivity index (χ3v) is 7.90. The number of hydrazone groups is 1. The molecule has 6 rings (SSSR count). The van der Waals surface area contributed by atoms with Crippen molar-refractivity contribution in [3.8, 4) is 5.69 Å². The molecule has 0 bridgehead atoms. The van der Waals surface area contributed by atoms with Crippen LogP contribution in [-0.2, 0) is 4.79 Å². The molecule has 2 aromatic carbocycles. The highest BCUT2D eigenvalue weighted by atomic mass is 32.2. The Morgan fingerprint density at radius 3 is 2.62 bits per heavy atom. The predicted molar refractivity (Wildman–Crippen MR) is 141 cm³/mol. The van der Waals surface area contributed by atoms with Gasteiger partial charge < -0.3 is 4.57 Å². The molecule has 0 saturated heterocycles. The van der Waals surface area contributed by atoms with Gasteiger partial charge in [0.15, 0.2) is 5.84 Å². The lowest BCUT2D eigenvalue weighted by molar-refractivity contribution is -0.114. The van der Waals surface area contributed by atoms with Crippen molar-refractivity contribution in [3.63, 3.8) is 0 Å². The summed E-state index contributed by atoms with van der Waals surface area (Å²) in [6, 6.07) is 20.6. The number of aryl methyl sites for hydroxylation is 1. The topological polar surface area (TPSA) is 73.8 Å². The van der Waals surface area contributed by atoms with E-state index in [2.05, 4.69) is 45.0 Å². The molecule has 2 aliphatic rings. The number of amidine groups is 2. The van der Waals surface area contributed by atoms with Crippen LogP contribution in [0.4, 0.5) is 0 Å². The van der Waals surface area contributed by atoms with E-state index in [-0.39, 0.29) is 11.4 Å². The molecule has 6 nitrogen and oxygen atoms in total. The van der Waals surface area contributed by atoms with E-state index in [1.54, 1.807) is 17.4 Å². The van der Waals surface area contributed by atoms with E-state index in [1.165, 1.54) is 27.5 Å². The van der Waals surface area contributed by atoms with Gasteiger partial charge >= 0.3 is 0 Å². The minimum atomic E-state index is -0.415. The Bertz CT molecular complexity index is 1590. The largest absolute Gasteiger partial charge is 0.318 e. The van der Waals surface area contributed by atoms with Crippen molar-refractivity contribution < 1.29 is 4.79 Å². The van der Waals surface area contributed by atoms with Crippen molar-refractivity contribution in [2.45, 2.75) is 13.8 Å². The van der Waals surface area contributed by atoms with Gasteiger partial charge in [0.2, 0.25) is 5.17 Å². The summed E-state index contributed by atoms with van der Waals surface area (Å²) < 4.78 is 2.17. The number of amides is 1. The third-order valence-electron chi connectivity index (χ3n) is 5.95. The molecule has 4 aromatic rings. The molecule has 0 spiro atoms. The van der Waals surface area contributed by atoms with Crippen LogP contribution in [0.15, 0.2) is 81.7 Å². The van der Waals surface area contributed by atoms with E-state index in [4.69, 9.17) is 5.41 Å². The number of benzene rings is 2. The SMILES string of the molecule is Cc1cc(C=C2C(=N)N3N=C(c4cccs4)SC3=NC2=O)c(C)n1-c1ccc2ccccc2c1. The third kappa shape index (κ3) is 3.34. The molecule has 2 aromatic heterocycles. The molecule has 0 unspecified atom stereocenters. The maximum atomic E-state index is 12.9. The molecule has 0 aliphatic carbocycles. The normalized spacial score (nSPS) is 16.9. The maximum Gasteiger partial charge on any atom is 0.283 e. The van der Waals surface area contributed by atoms with E-state index in [0.29, 0.717) is 5.17 Å². The monoisotopic (exact) mass is 481 g/mol. The van der Waals surface area contributed by atoms with E-state index in [0.717, 1.165) is 32.6 Å². The van der Waals surface area contributed by atoms with Crippen molar-refractivity contribution in [3.05, 3.63) is 93.4 Å². The zero-order chi connectivity index (χ0) is 23.4. The van der Waals surface area contributed by atoms with Crippen molar-refractivity contribution in [2.24, 2.45) is 10.1 Å². The zero-order valence-corrected chi connectivity index (χ0v) is 20.1. The summed E-state index contributed by atoms with van der Waals surface area (Å²) in [7, 11) is 0. The highest BCUT2D eigenvalue weighted by Crippen LogP contribution is 2.33. The first-order valence-electron chi connectivity index (χ1n) is 10.7. The fourth-order valence-electron chi connectivity index (χ4n) is 4.29. The second-order valence-corrected chi connectivity index (χ2v) is 10.00. The summed E-state index contributed by atoms with van der Waals surface area (Å²) in [4.78, 5) is 18.1. The summed E-state index contributed by atoms with van der Waals surface area (Å²) in [5, 5.41) is 20.2. The number of aliphatic imine (C=N–C) groups is 1. The molecule has 0 saturated carbocycles. The van der Waals surface area contributed by atoms with Crippen molar-refractivity contribution in [2.75, 3.05) is 0 Å². The Balaban J connectivity index is 1.38. The Morgan fingerprint density at radius 1 is 1.00 bits per heavy atom. The number of hydrogen-bond donors (Lipinski definition) is 1. The number of nitrogens with one attached hydrogen (secondary N) is 1. The van der Waals surface area contributed by atoms with E-state index < -0.39 is 5.91 Å². The fraction of sp³-hybridized carbons (Fsp3) is 0.0769. The van der Waals surface area contributed by atoms with Crippen LogP contribution in [0, 0.1) is 19.3 Å². The standard InChI is InChI=1S/C26H19N5OS2/c1-15-12-19(16(2)30(15)20-10-9-17-6-3-4-7-18(17)13-20)14-21-23(27)31-26(28-24(21)32)34-25(29-31)22-8-5-11-33-22/h3-14,27H,1-2H3. The van der Waals surface area contributed by atoms with E-state index in [1.807, 2.05) is 49.6 Å². The summed E-state index contributed by atoms with van der Waals surface area (Å²) in [5.41, 5.74) is 4.22. The number of fused-ring (bicyclic) bond motifs is 2. The van der Waals surface area contributed by atoms with Gasteiger partial charge in [-0.15, -0.1) is 11.3 Å². The number of aromatic nitrogens is 1. The number of hydrogen-bond acceptors (Lipinski definition) is 5. The lowest BCUT2D eigenvalue weighted by atomic mass is 10.1. The van der Waals surface area contributed by atoms with Crippen LogP contribution in [0.25, 0.3) is 22.5 Å². The Morgan fingerprint density at radius 2 is 1.82 bits per heavy atom. The Kier molecular flexibility index (Phi) is 4.86. The number of carbonyl (C=O) groups excluding carboxylic acids is 1.